The quantitative estimate of drug-likeness (QED) is 0.666. The minimum atomic E-state index is -4.56. The topological polar surface area (TPSA) is 78.1 Å². The zero-order valence-corrected chi connectivity index (χ0v) is 11.5. The summed E-state index contributed by atoms with van der Waals surface area (Å²) in [6.07, 6.45) is -4.56. The van der Waals surface area contributed by atoms with Gasteiger partial charge in [0.2, 0.25) is 5.89 Å². The first kappa shape index (κ1) is 14.2. The number of aryl methyl sites for hydroxylation is 1. The molecule has 7 heteroatoms. The van der Waals surface area contributed by atoms with Crippen LogP contribution >= 0.6 is 0 Å². The van der Waals surface area contributed by atoms with Gasteiger partial charge in [-0.3, -0.25) is 0 Å². The van der Waals surface area contributed by atoms with E-state index in [1.165, 1.54) is 12.1 Å². The summed E-state index contributed by atoms with van der Waals surface area (Å²) in [5.74, 6) is -0.115. The van der Waals surface area contributed by atoms with Crippen LogP contribution in [-0.2, 0) is 6.18 Å². The number of alkyl halides is 3. The fourth-order valence-electron chi connectivity index (χ4n) is 2.24. The van der Waals surface area contributed by atoms with Gasteiger partial charge in [-0.25, -0.2) is 4.98 Å². The number of nitrogens with zero attached hydrogens (tertiary/aromatic N) is 1. The molecule has 0 fully saturated rings. The molecule has 0 radical (unpaired) electrons. The van der Waals surface area contributed by atoms with Crippen molar-refractivity contribution in [3.8, 4) is 11.5 Å². The molecule has 0 unspecified atom stereocenters. The summed E-state index contributed by atoms with van der Waals surface area (Å²) in [6.45, 7) is 1.73. The minimum Gasteiger partial charge on any atom is -0.436 e. The lowest BCUT2D eigenvalue weighted by Gasteiger charge is -2.11. The van der Waals surface area contributed by atoms with Crippen LogP contribution in [-0.4, -0.2) is 4.98 Å². The first-order chi connectivity index (χ1) is 10.3. The van der Waals surface area contributed by atoms with E-state index in [4.69, 9.17) is 15.9 Å². The summed E-state index contributed by atoms with van der Waals surface area (Å²) in [5.41, 5.74) is 12.2. The monoisotopic (exact) mass is 307 g/mol. The highest BCUT2D eigenvalue weighted by atomic mass is 19.4. The number of nitrogen functional groups attached to an aromatic ring is 2. The molecule has 3 rings (SSSR count). The fourth-order valence-corrected chi connectivity index (χ4v) is 2.24. The molecule has 0 amide bonds. The number of fused-ring (bicyclic) bond motifs is 1. The van der Waals surface area contributed by atoms with Gasteiger partial charge in [0.1, 0.15) is 5.52 Å². The minimum absolute atomic E-state index is 0.0209. The van der Waals surface area contributed by atoms with Gasteiger partial charge in [0.15, 0.2) is 5.58 Å². The third-order valence-corrected chi connectivity index (χ3v) is 3.44. The molecular formula is C15H12F3N3O. The van der Waals surface area contributed by atoms with Crippen LogP contribution < -0.4 is 11.5 Å². The lowest BCUT2D eigenvalue weighted by atomic mass is 10.1. The van der Waals surface area contributed by atoms with Crippen molar-refractivity contribution in [2.75, 3.05) is 11.5 Å². The summed E-state index contributed by atoms with van der Waals surface area (Å²) in [5, 5.41) is 0. The van der Waals surface area contributed by atoms with Gasteiger partial charge in [-0.05, 0) is 37.3 Å². The van der Waals surface area contributed by atoms with E-state index < -0.39 is 11.7 Å². The molecule has 0 bridgehead atoms. The second kappa shape index (κ2) is 4.66. The second-order valence-electron chi connectivity index (χ2n) is 4.95. The van der Waals surface area contributed by atoms with Crippen molar-refractivity contribution < 1.29 is 17.6 Å². The Kier molecular flexibility index (Phi) is 3.01. The average Bonchev–Trinajstić information content (AvgIpc) is 2.87. The van der Waals surface area contributed by atoms with Gasteiger partial charge in [0.05, 0.1) is 5.56 Å². The average molecular weight is 307 g/mol. The third kappa shape index (κ3) is 2.24. The van der Waals surface area contributed by atoms with E-state index in [-0.39, 0.29) is 17.1 Å². The van der Waals surface area contributed by atoms with Crippen LogP contribution in [0.3, 0.4) is 0 Å². The van der Waals surface area contributed by atoms with Crippen molar-refractivity contribution in [2.24, 2.45) is 0 Å². The summed E-state index contributed by atoms with van der Waals surface area (Å²) in [6, 6.07) is 6.70. The number of hydrogen-bond donors (Lipinski definition) is 2. The first-order valence-electron chi connectivity index (χ1n) is 6.40. The van der Waals surface area contributed by atoms with Crippen LogP contribution in [0.5, 0.6) is 0 Å². The fraction of sp³-hybridized carbons (Fsp3) is 0.133. The standard InChI is InChI=1S/C15H12F3N3O/c1-7-11(20)4-5-12-13(7)21-14(22-12)9-3-2-8(19)6-10(9)15(16,17)18/h2-6H,19-20H2,1H3. The Morgan fingerprint density at radius 2 is 1.82 bits per heavy atom. The van der Waals surface area contributed by atoms with Crippen molar-refractivity contribution in [2.45, 2.75) is 13.1 Å². The Hall–Kier alpha value is -2.70. The van der Waals surface area contributed by atoms with Crippen LogP contribution in [0.4, 0.5) is 24.5 Å². The Morgan fingerprint density at radius 1 is 1.09 bits per heavy atom. The van der Waals surface area contributed by atoms with E-state index in [1.807, 2.05) is 0 Å². The van der Waals surface area contributed by atoms with E-state index >= 15 is 0 Å². The predicted octanol–water partition coefficient (Wildman–Crippen LogP) is 3.99. The summed E-state index contributed by atoms with van der Waals surface area (Å²) in [7, 11) is 0. The van der Waals surface area contributed by atoms with Crippen LogP contribution in [0.2, 0.25) is 0 Å². The van der Waals surface area contributed by atoms with Crippen molar-refractivity contribution in [1.29, 1.82) is 0 Å². The van der Waals surface area contributed by atoms with Crippen molar-refractivity contribution in [3.05, 3.63) is 41.5 Å². The highest BCUT2D eigenvalue weighted by Crippen LogP contribution is 2.39. The van der Waals surface area contributed by atoms with Gasteiger partial charge < -0.3 is 15.9 Å². The van der Waals surface area contributed by atoms with Gasteiger partial charge in [0, 0.05) is 22.5 Å². The number of aromatic nitrogens is 1. The molecule has 3 aromatic rings. The molecule has 0 spiro atoms. The molecule has 114 valence electrons. The molecule has 0 atom stereocenters. The van der Waals surface area contributed by atoms with Gasteiger partial charge in [0.25, 0.3) is 0 Å². The van der Waals surface area contributed by atoms with Crippen LogP contribution in [0.15, 0.2) is 34.7 Å². The summed E-state index contributed by atoms with van der Waals surface area (Å²) in [4.78, 5) is 4.16. The van der Waals surface area contributed by atoms with Crippen molar-refractivity contribution in [1.82, 2.24) is 4.98 Å². The zero-order valence-electron chi connectivity index (χ0n) is 11.5. The van der Waals surface area contributed by atoms with Gasteiger partial charge in [-0.15, -0.1) is 0 Å². The molecule has 4 N–H and O–H groups in total. The van der Waals surface area contributed by atoms with Gasteiger partial charge in [-0.2, -0.15) is 13.2 Å². The third-order valence-electron chi connectivity index (χ3n) is 3.44. The maximum atomic E-state index is 13.2. The Balaban J connectivity index is 2.26. The number of hydrogen-bond acceptors (Lipinski definition) is 4. The lowest BCUT2D eigenvalue weighted by molar-refractivity contribution is -0.137. The molecule has 2 aromatic carbocycles. The van der Waals surface area contributed by atoms with Gasteiger partial charge >= 0.3 is 6.18 Å². The SMILES string of the molecule is Cc1c(N)ccc2oc(-c3ccc(N)cc3C(F)(F)F)nc12. The molecule has 0 saturated carbocycles. The molecule has 0 saturated heterocycles. The maximum Gasteiger partial charge on any atom is 0.417 e. The summed E-state index contributed by atoms with van der Waals surface area (Å²) >= 11 is 0. The largest absolute Gasteiger partial charge is 0.436 e. The molecule has 4 nitrogen and oxygen atoms in total. The smallest absolute Gasteiger partial charge is 0.417 e. The molecule has 22 heavy (non-hydrogen) atoms. The molecule has 1 heterocycles. The van der Waals surface area contributed by atoms with E-state index in [0.29, 0.717) is 22.4 Å². The summed E-state index contributed by atoms with van der Waals surface area (Å²) < 4.78 is 45.0. The lowest BCUT2D eigenvalue weighted by Crippen LogP contribution is -2.08. The Bertz CT molecular complexity index is 868. The first-order valence-corrected chi connectivity index (χ1v) is 6.40. The Labute approximate surface area is 123 Å². The number of oxazole rings is 1. The molecular weight excluding hydrogens is 295 g/mol. The van der Waals surface area contributed by atoms with Crippen molar-refractivity contribution in [3.63, 3.8) is 0 Å². The number of halogens is 3. The van der Waals surface area contributed by atoms with E-state index in [9.17, 15) is 13.2 Å². The predicted molar refractivity (Wildman–Crippen MR) is 78.0 cm³/mol. The van der Waals surface area contributed by atoms with E-state index in [0.717, 1.165) is 6.07 Å². The number of anilines is 2. The molecule has 0 aliphatic carbocycles. The molecule has 1 aromatic heterocycles. The molecule has 0 aliphatic heterocycles. The normalized spacial score (nSPS) is 12.0. The highest BCUT2D eigenvalue weighted by Gasteiger charge is 2.35. The second-order valence-corrected chi connectivity index (χ2v) is 4.95. The van der Waals surface area contributed by atoms with Crippen LogP contribution in [0.1, 0.15) is 11.1 Å². The zero-order chi connectivity index (χ0) is 16.1. The number of benzene rings is 2. The van der Waals surface area contributed by atoms with Crippen molar-refractivity contribution >= 4 is 22.5 Å². The van der Waals surface area contributed by atoms with E-state index in [2.05, 4.69) is 4.98 Å². The molecule has 0 aliphatic rings. The number of nitrogens with two attached hydrogens (primary N) is 2. The maximum absolute atomic E-state index is 13.2. The van der Waals surface area contributed by atoms with E-state index in [1.54, 1.807) is 19.1 Å². The number of rotatable bonds is 1. The van der Waals surface area contributed by atoms with Crippen LogP contribution in [0.25, 0.3) is 22.6 Å². The highest BCUT2D eigenvalue weighted by molar-refractivity contribution is 5.84. The Morgan fingerprint density at radius 3 is 2.50 bits per heavy atom. The van der Waals surface area contributed by atoms with Crippen LogP contribution in [0, 0.1) is 6.92 Å². The van der Waals surface area contributed by atoms with Gasteiger partial charge in [-0.1, -0.05) is 0 Å².